The van der Waals surface area contributed by atoms with Crippen LogP contribution in [0.5, 0.6) is 0 Å². The molecule has 1 atom stereocenters. The van der Waals surface area contributed by atoms with Gasteiger partial charge in [-0.15, -0.1) is 0 Å². The summed E-state index contributed by atoms with van der Waals surface area (Å²) in [4.78, 5) is 11.7. The molecule has 6 nitrogen and oxygen atoms in total. The Hall–Kier alpha value is -0.820. The van der Waals surface area contributed by atoms with Crippen LogP contribution in [-0.4, -0.2) is 48.4 Å². The number of nitrogens with zero attached hydrogens (tertiary/aromatic N) is 1. The molecule has 7 heteroatoms. The Balaban J connectivity index is 2.76. The minimum Gasteiger partial charge on any atom is -0.443 e. The molecule has 0 aromatic heterocycles. The van der Waals surface area contributed by atoms with Crippen LogP contribution in [-0.2, 0) is 14.8 Å². The largest absolute Gasteiger partial charge is 0.443 e. The summed E-state index contributed by atoms with van der Waals surface area (Å²) in [6.45, 7) is 4.93. The molecule has 0 radical (unpaired) electrons. The fraction of sp³-hybridized carbons (Fsp3) is 0.900. The molecular formula is C10H19NO5S. The summed E-state index contributed by atoms with van der Waals surface area (Å²) < 4.78 is 29.4. The van der Waals surface area contributed by atoms with Gasteiger partial charge in [-0.3, -0.25) is 0 Å². The fourth-order valence-corrected chi connectivity index (χ4v) is 3.27. The van der Waals surface area contributed by atoms with Crippen LogP contribution in [0.4, 0.5) is 4.79 Å². The van der Waals surface area contributed by atoms with E-state index < -0.39 is 21.7 Å². The Morgan fingerprint density at radius 2 is 2.06 bits per heavy atom. The van der Waals surface area contributed by atoms with Gasteiger partial charge < -0.3 is 9.84 Å². The smallest absolute Gasteiger partial charge is 0.424 e. The van der Waals surface area contributed by atoms with Crippen molar-refractivity contribution < 1.29 is 23.1 Å². The monoisotopic (exact) mass is 265 g/mol. The van der Waals surface area contributed by atoms with Crippen molar-refractivity contribution in [3.05, 3.63) is 0 Å². The third-order valence-electron chi connectivity index (χ3n) is 2.38. The first-order valence-electron chi connectivity index (χ1n) is 5.50. The van der Waals surface area contributed by atoms with Gasteiger partial charge in [-0.1, -0.05) is 0 Å². The predicted molar refractivity (Wildman–Crippen MR) is 61.9 cm³/mol. The maximum atomic E-state index is 11.8. The third kappa shape index (κ3) is 3.85. The molecule has 1 N–H and O–H groups in total. The summed E-state index contributed by atoms with van der Waals surface area (Å²) in [5.74, 6) is -0.498. The number of hydrogen-bond acceptors (Lipinski definition) is 5. The van der Waals surface area contributed by atoms with Gasteiger partial charge in [0.15, 0.2) is 0 Å². The molecule has 1 unspecified atom stereocenters. The van der Waals surface area contributed by atoms with Gasteiger partial charge in [0.25, 0.3) is 0 Å². The summed E-state index contributed by atoms with van der Waals surface area (Å²) in [5.41, 5.74) is -0.722. The molecule has 17 heavy (non-hydrogen) atoms. The molecule has 100 valence electrons. The SMILES string of the molecule is CC(C)(C)OC(=O)N1CCC(CO)CS1(=O)=O. The van der Waals surface area contributed by atoms with Crippen molar-refractivity contribution in [2.24, 2.45) is 5.92 Å². The standard InChI is InChI=1S/C10H19NO5S/c1-10(2,3)16-9(13)11-5-4-8(6-12)7-17(11,14)15/h8,12H,4-7H2,1-3H3. The van der Waals surface area contributed by atoms with Gasteiger partial charge in [-0.2, -0.15) is 0 Å². The number of rotatable bonds is 1. The van der Waals surface area contributed by atoms with Crippen LogP contribution < -0.4 is 0 Å². The predicted octanol–water partition coefficient (Wildman–Crippen LogP) is 0.566. The van der Waals surface area contributed by atoms with Crippen molar-refractivity contribution in [1.82, 2.24) is 4.31 Å². The summed E-state index contributed by atoms with van der Waals surface area (Å²) in [6.07, 6.45) is -0.372. The van der Waals surface area contributed by atoms with Crippen LogP contribution in [0.3, 0.4) is 0 Å². The Morgan fingerprint density at radius 3 is 2.47 bits per heavy atom. The first-order chi connectivity index (χ1) is 7.65. The lowest BCUT2D eigenvalue weighted by Gasteiger charge is -2.32. The molecule has 0 spiro atoms. The van der Waals surface area contributed by atoms with Crippen molar-refractivity contribution in [3.8, 4) is 0 Å². The highest BCUT2D eigenvalue weighted by Crippen LogP contribution is 2.21. The van der Waals surface area contributed by atoms with Crippen LogP contribution in [0, 0.1) is 5.92 Å². The first-order valence-corrected chi connectivity index (χ1v) is 7.11. The molecule has 1 heterocycles. The number of carbonyl (C=O) groups excluding carboxylic acids is 1. The lowest BCUT2D eigenvalue weighted by atomic mass is 10.1. The van der Waals surface area contributed by atoms with Crippen molar-refractivity contribution in [1.29, 1.82) is 0 Å². The second-order valence-electron chi connectivity index (χ2n) is 5.17. The van der Waals surface area contributed by atoms with E-state index in [4.69, 9.17) is 9.84 Å². The van der Waals surface area contributed by atoms with Crippen LogP contribution in [0.1, 0.15) is 27.2 Å². The van der Waals surface area contributed by atoms with Gasteiger partial charge >= 0.3 is 6.09 Å². The first kappa shape index (κ1) is 14.2. The number of aliphatic hydroxyl groups excluding tert-OH is 1. The Bertz CT molecular complexity index is 384. The Labute approximate surface area is 102 Å². The number of sulfonamides is 1. The molecule has 1 amide bonds. The normalized spacial score (nSPS) is 24.5. The zero-order valence-electron chi connectivity index (χ0n) is 10.3. The topological polar surface area (TPSA) is 83.9 Å². The molecule has 0 bridgehead atoms. The van der Waals surface area contributed by atoms with Gasteiger partial charge in [0.2, 0.25) is 10.0 Å². The number of amides is 1. The average Bonchev–Trinajstić information content (AvgIpc) is 2.12. The molecule has 0 aliphatic carbocycles. The number of carbonyl (C=O) groups is 1. The Kier molecular flexibility index (Phi) is 4.03. The van der Waals surface area contributed by atoms with Gasteiger partial charge in [0, 0.05) is 13.2 Å². The van der Waals surface area contributed by atoms with Crippen LogP contribution >= 0.6 is 0 Å². The molecule has 0 aromatic rings. The van der Waals surface area contributed by atoms with Gasteiger partial charge in [-0.25, -0.2) is 17.5 Å². The third-order valence-corrected chi connectivity index (χ3v) is 4.27. The van der Waals surface area contributed by atoms with Crippen LogP contribution in [0.15, 0.2) is 0 Å². The van der Waals surface area contributed by atoms with E-state index in [2.05, 4.69) is 0 Å². The molecule has 1 saturated heterocycles. The van der Waals surface area contributed by atoms with E-state index in [0.29, 0.717) is 6.42 Å². The highest BCUT2D eigenvalue weighted by molar-refractivity contribution is 7.89. The van der Waals surface area contributed by atoms with E-state index in [9.17, 15) is 13.2 Å². The summed E-state index contributed by atoms with van der Waals surface area (Å²) in [7, 11) is -3.66. The zero-order valence-corrected chi connectivity index (χ0v) is 11.2. The highest BCUT2D eigenvalue weighted by Gasteiger charge is 2.37. The van der Waals surface area contributed by atoms with Crippen molar-refractivity contribution >= 4 is 16.1 Å². The van der Waals surface area contributed by atoms with Crippen LogP contribution in [0.2, 0.25) is 0 Å². The second kappa shape index (κ2) is 4.81. The number of ether oxygens (including phenoxy) is 1. The molecule has 1 fully saturated rings. The van der Waals surface area contributed by atoms with E-state index in [-0.39, 0.29) is 24.8 Å². The highest BCUT2D eigenvalue weighted by atomic mass is 32.2. The summed E-state index contributed by atoms with van der Waals surface area (Å²) in [6, 6.07) is 0. The van der Waals surface area contributed by atoms with E-state index >= 15 is 0 Å². The maximum Gasteiger partial charge on any atom is 0.424 e. The van der Waals surface area contributed by atoms with E-state index in [1.54, 1.807) is 20.8 Å². The zero-order chi connectivity index (χ0) is 13.3. The molecular weight excluding hydrogens is 246 g/mol. The molecule has 0 aromatic carbocycles. The summed E-state index contributed by atoms with van der Waals surface area (Å²) >= 11 is 0. The van der Waals surface area contributed by atoms with E-state index in [1.165, 1.54) is 0 Å². The molecule has 1 aliphatic rings. The molecule has 1 aliphatic heterocycles. The lowest BCUT2D eigenvalue weighted by Crippen LogP contribution is -2.47. The van der Waals surface area contributed by atoms with E-state index in [1.807, 2.05) is 0 Å². The minimum absolute atomic E-state index is 0.0719. The second-order valence-corrected chi connectivity index (χ2v) is 7.11. The van der Waals surface area contributed by atoms with Crippen molar-refractivity contribution in [2.45, 2.75) is 32.8 Å². The molecule has 1 rings (SSSR count). The number of aliphatic hydroxyl groups is 1. The van der Waals surface area contributed by atoms with Gasteiger partial charge in [0.1, 0.15) is 5.60 Å². The lowest BCUT2D eigenvalue weighted by molar-refractivity contribution is 0.0369. The quantitative estimate of drug-likeness (QED) is 0.749. The van der Waals surface area contributed by atoms with Gasteiger partial charge in [0.05, 0.1) is 5.75 Å². The summed E-state index contributed by atoms with van der Waals surface area (Å²) in [5, 5.41) is 8.94. The minimum atomic E-state index is -3.66. The maximum absolute atomic E-state index is 11.8. The van der Waals surface area contributed by atoms with Gasteiger partial charge in [-0.05, 0) is 33.1 Å². The fourth-order valence-electron chi connectivity index (χ4n) is 1.57. The molecule has 0 saturated carbocycles. The Morgan fingerprint density at radius 1 is 1.47 bits per heavy atom. The van der Waals surface area contributed by atoms with Crippen molar-refractivity contribution in [3.63, 3.8) is 0 Å². The number of hydrogen-bond donors (Lipinski definition) is 1. The van der Waals surface area contributed by atoms with Crippen LogP contribution in [0.25, 0.3) is 0 Å². The van der Waals surface area contributed by atoms with E-state index in [0.717, 1.165) is 4.31 Å². The average molecular weight is 265 g/mol. The van der Waals surface area contributed by atoms with Crippen molar-refractivity contribution in [2.75, 3.05) is 18.9 Å².